The summed E-state index contributed by atoms with van der Waals surface area (Å²) in [5, 5.41) is 12.5. The topological polar surface area (TPSA) is 218 Å². The first kappa shape index (κ1) is 66.2. The first-order valence-corrected chi connectivity index (χ1v) is 50.0. The summed E-state index contributed by atoms with van der Waals surface area (Å²) < 4.78 is 78.1. The van der Waals surface area contributed by atoms with Crippen molar-refractivity contribution >= 4 is 81.9 Å². The van der Waals surface area contributed by atoms with Crippen LogP contribution in [0.1, 0.15) is 34.1 Å². The highest BCUT2D eigenvalue weighted by atomic mass is 28.4. The van der Waals surface area contributed by atoms with Crippen LogP contribution in [0.25, 0.3) is 0 Å². The van der Waals surface area contributed by atoms with Gasteiger partial charge in [-0.2, -0.15) is 0 Å². The number of carbonyl (C=O) groups excluding carboxylic acids is 4. The summed E-state index contributed by atoms with van der Waals surface area (Å²) in [5.74, 6) is -1.17. The summed E-state index contributed by atoms with van der Waals surface area (Å²) >= 11 is 0. The summed E-state index contributed by atoms with van der Waals surface area (Å²) in [6, 6.07) is -2.29. The molecular formula is C47H100N4O15Si7. The summed E-state index contributed by atoms with van der Waals surface area (Å²) in [6.45, 7) is 49.8. The van der Waals surface area contributed by atoms with Gasteiger partial charge in [-0.3, -0.25) is 19.2 Å². The van der Waals surface area contributed by atoms with E-state index < -0.39 is 150 Å². The molecule has 4 amide bonds. The number of amides is 4. The van der Waals surface area contributed by atoms with Crippen molar-refractivity contribution in [2.75, 3.05) is 13.2 Å². The number of rotatable bonds is 24. The van der Waals surface area contributed by atoms with Crippen molar-refractivity contribution in [3.63, 3.8) is 0 Å². The van der Waals surface area contributed by atoms with Crippen LogP contribution in [0.15, 0.2) is 0 Å². The van der Waals surface area contributed by atoms with Crippen LogP contribution >= 0.6 is 0 Å². The van der Waals surface area contributed by atoms with E-state index in [1.165, 1.54) is 27.7 Å². The molecule has 0 aromatic heterocycles. The molecule has 3 fully saturated rings. The lowest BCUT2D eigenvalue weighted by Crippen LogP contribution is -2.73. The number of carbonyl (C=O) groups is 4. The highest BCUT2D eigenvalue weighted by Gasteiger charge is 2.58. The molecule has 426 valence electrons. The normalized spacial score (nSPS) is 32.2. The van der Waals surface area contributed by atoms with Crippen LogP contribution in [0.4, 0.5) is 0 Å². The highest BCUT2D eigenvalue weighted by Crippen LogP contribution is 2.40. The summed E-state index contributed by atoms with van der Waals surface area (Å²) in [7, 11) is -16.7. The largest absolute Gasteiger partial charge is 0.415 e. The molecule has 73 heavy (non-hydrogen) atoms. The molecule has 0 aromatic rings. The maximum atomic E-state index is 13.4. The van der Waals surface area contributed by atoms with Gasteiger partial charge in [-0.1, -0.05) is 0 Å². The van der Waals surface area contributed by atoms with E-state index in [-0.39, 0.29) is 43.2 Å². The van der Waals surface area contributed by atoms with Crippen LogP contribution in [-0.4, -0.2) is 187 Å². The maximum absolute atomic E-state index is 13.4. The Hall–Kier alpha value is -1.04. The van der Waals surface area contributed by atoms with E-state index >= 15 is 0 Å². The minimum absolute atomic E-state index is 0.0957. The van der Waals surface area contributed by atoms with E-state index in [0.717, 1.165) is 0 Å². The molecule has 19 nitrogen and oxygen atoms in total. The number of nitrogens with one attached hydrogen (secondary N) is 4. The second-order valence-electron chi connectivity index (χ2n) is 26.9. The highest BCUT2D eigenvalue weighted by molar-refractivity contribution is 6.72. The second-order valence-corrected chi connectivity index (χ2v) is 58.2. The second kappa shape index (κ2) is 25.8. The van der Waals surface area contributed by atoms with Crippen molar-refractivity contribution in [2.45, 2.75) is 263 Å². The molecule has 3 aliphatic rings. The van der Waals surface area contributed by atoms with Crippen LogP contribution in [0, 0.1) is 0 Å². The van der Waals surface area contributed by atoms with Gasteiger partial charge < -0.3 is 71.2 Å². The lowest BCUT2D eigenvalue weighted by Gasteiger charge is -2.55. The summed E-state index contributed by atoms with van der Waals surface area (Å²) in [5.41, 5.74) is 0. The smallest absolute Gasteiger partial charge is 0.217 e. The average molecular weight is 1160 g/mol. The Morgan fingerprint density at radius 3 is 1.12 bits per heavy atom. The third kappa shape index (κ3) is 23.4. The quantitative estimate of drug-likeness (QED) is 0.0766. The lowest BCUT2D eigenvalue weighted by atomic mass is 9.83. The van der Waals surface area contributed by atoms with Crippen molar-refractivity contribution in [1.29, 1.82) is 0 Å². The van der Waals surface area contributed by atoms with Crippen molar-refractivity contribution in [2.24, 2.45) is 0 Å². The van der Waals surface area contributed by atoms with Crippen LogP contribution in [-0.2, 0) is 69.1 Å². The Balaban J connectivity index is 2.44. The zero-order valence-corrected chi connectivity index (χ0v) is 56.4. The zero-order chi connectivity index (χ0) is 56.2. The standard InChI is InChI=1S/C47H100N4O15Si7/c1-29(52)48-27-35-41(62-69(11,12)13)44(65-72(20,21)22)45(66-73(23,24)25)47(57-35)60-39-34(50-31(3)54)26-33(49-30(2)53)38(43(39)64-71(17,18)19)59-46-42(63-70(14,15)16)37(51-32(4)55)40(61-68(8,9)10)36(58-46)28-56-67(5,6)7/h33-47H,26-28H2,1-25H3,(H,48,52)(H,49,53)(H,50,54)(H,51,55). The monoisotopic (exact) mass is 1160 g/mol. The van der Waals surface area contributed by atoms with E-state index in [9.17, 15) is 19.2 Å². The molecule has 15 unspecified atom stereocenters. The fourth-order valence-corrected chi connectivity index (χ4v) is 16.4. The number of hydrogen-bond donors (Lipinski definition) is 4. The van der Waals surface area contributed by atoms with E-state index in [1.807, 2.05) is 19.6 Å². The molecule has 0 aromatic carbocycles. The number of hydrogen-bond acceptors (Lipinski definition) is 15. The van der Waals surface area contributed by atoms with E-state index in [2.05, 4.69) is 139 Å². The Morgan fingerprint density at radius 1 is 0.397 bits per heavy atom. The zero-order valence-electron chi connectivity index (χ0n) is 49.4. The molecule has 2 heterocycles. The van der Waals surface area contributed by atoms with Gasteiger partial charge in [0.25, 0.3) is 0 Å². The van der Waals surface area contributed by atoms with Crippen molar-refractivity contribution in [3.05, 3.63) is 0 Å². The molecule has 0 spiro atoms. The third-order valence-corrected chi connectivity index (χ3v) is 18.0. The average Bonchev–Trinajstić information content (AvgIpc) is 3.13. The summed E-state index contributed by atoms with van der Waals surface area (Å²) in [4.78, 5) is 52.7. The predicted molar refractivity (Wildman–Crippen MR) is 302 cm³/mol. The first-order chi connectivity index (χ1) is 32.8. The van der Waals surface area contributed by atoms with E-state index in [0.29, 0.717) is 0 Å². The maximum Gasteiger partial charge on any atom is 0.217 e. The molecule has 4 N–H and O–H groups in total. The molecule has 2 aliphatic heterocycles. The molecule has 1 saturated carbocycles. The van der Waals surface area contributed by atoms with Gasteiger partial charge in [-0.25, -0.2) is 0 Å². The van der Waals surface area contributed by atoms with Crippen molar-refractivity contribution in [1.82, 2.24) is 21.3 Å². The summed E-state index contributed by atoms with van der Waals surface area (Å²) in [6.07, 6.45) is -10.4. The van der Waals surface area contributed by atoms with Gasteiger partial charge in [0.05, 0.1) is 30.8 Å². The molecule has 0 bridgehead atoms. The van der Waals surface area contributed by atoms with Gasteiger partial charge in [-0.05, 0) is 144 Å². The number of ether oxygens (including phenoxy) is 4. The fourth-order valence-electron chi connectivity index (χ4n) is 9.19. The van der Waals surface area contributed by atoms with Gasteiger partial charge in [0, 0.05) is 34.2 Å². The van der Waals surface area contributed by atoms with E-state index in [4.69, 9.17) is 49.9 Å². The Morgan fingerprint density at radius 2 is 0.740 bits per heavy atom. The lowest BCUT2D eigenvalue weighted by molar-refractivity contribution is -0.326. The van der Waals surface area contributed by atoms with Crippen LogP contribution in [0.2, 0.25) is 137 Å². The van der Waals surface area contributed by atoms with Gasteiger partial charge in [0.1, 0.15) is 54.9 Å². The predicted octanol–water partition coefficient (Wildman–Crippen LogP) is 6.43. The molecule has 1 aliphatic carbocycles. The van der Waals surface area contributed by atoms with Crippen LogP contribution in [0.5, 0.6) is 0 Å². The van der Waals surface area contributed by atoms with Crippen LogP contribution < -0.4 is 21.3 Å². The SMILES string of the molecule is CC(=O)NCC1OC(OC2C(NC(C)=O)CC(NC(C)=O)C(OC3OC(CO[Si](C)(C)C)C(O[Si](C)(C)C)C(NC(C)=O)C3O[Si](C)(C)C)C2O[Si](C)(C)C)C(O[Si](C)(C)C)C(O[Si](C)(C)C)C1O[Si](C)(C)C. The molecule has 2 saturated heterocycles. The Labute approximate surface area is 446 Å². The van der Waals surface area contributed by atoms with Gasteiger partial charge in [0.15, 0.2) is 70.8 Å². The van der Waals surface area contributed by atoms with Gasteiger partial charge in [0.2, 0.25) is 23.6 Å². The van der Waals surface area contributed by atoms with Crippen molar-refractivity contribution < 1.29 is 69.1 Å². The third-order valence-electron chi connectivity index (χ3n) is 11.1. The van der Waals surface area contributed by atoms with Gasteiger partial charge >= 0.3 is 0 Å². The molecule has 3 rings (SSSR count). The van der Waals surface area contributed by atoms with Gasteiger partial charge in [-0.15, -0.1) is 0 Å². The molecular weight excluding hydrogens is 1060 g/mol. The molecule has 26 heteroatoms. The van der Waals surface area contributed by atoms with Crippen molar-refractivity contribution in [3.8, 4) is 0 Å². The Kier molecular flexibility index (Phi) is 23.4. The fraction of sp³-hybridized carbons (Fsp3) is 0.915. The molecule has 0 radical (unpaired) electrons. The minimum Gasteiger partial charge on any atom is -0.415 e. The minimum atomic E-state index is -2.64. The molecule has 15 atom stereocenters. The Bertz CT molecular complexity index is 1830. The van der Waals surface area contributed by atoms with E-state index in [1.54, 1.807) is 0 Å². The first-order valence-electron chi connectivity index (χ1n) is 26.2. The van der Waals surface area contributed by atoms with Crippen LogP contribution in [0.3, 0.4) is 0 Å².